The van der Waals surface area contributed by atoms with Gasteiger partial charge < -0.3 is 36.3 Å². The molecule has 252 valence electrons. The highest BCUT2D eigenvalue weighted by molar-refractivity contribution is 8.00. The average molecular weight is 744 g/mol. The Kier molecular flexibility index (Phi) is 9.21. The van der Waals surface area contributed by atoms with E-state index in [4.69, 9.17) is 22.2 Å². The van der Waals surface area contributed by atoms with Gasteiger partial charge in [0.15, 0.2) is 29.4 Å². The van der Waals surface area contributed by atoms with Crippen molar-refractivity contribution in [2.24, 2.45) is 5.16 Å². The number of aromatic hydroxyl groups is 2. The van der Waals surface area contributed by atoms with Gasteiger partial charge in [0.25, 0.3) is 16.6 Å². The maximum Gasteiger partial charge on any atom is 0.362 e. The third-order valence-corrected chi connectivity index (χ3v) is 10.9. The number of oxime groups is 1. The Morgan fingerprint density at radius 2 is 2.02 bits per heavy atom. The number of carboxylic acids is 2. The van der Waals surface area contributed by atoms with E-state index in [1.54, 1.807) is 17.4 Å². The summed E-state index contributed by atoms with van der Waals surface area (Å²) >= 11 is 9.91. The van der Waals surface area contributed by atoms with E-state index in [1.165, 1.54) is 17.1 Å². The normalized spacial score (nSPS) is 18.8. The molecule has 2 aliphatic rings. The van der Waals surface area contributed by atoms with Crippen LogP contribution in [-0.2, 0) is 36.2 Å². The number of benzene rings is 1. The minimum absolute atomic E-state index is 0.0357. The number of carbonyl (C=O) groups is 4. The summed E-state index contributed by atoms with van der Waals surface area (Å²) in [6.45, 7) is 0.482. The second kappa shape index (κ2) is 13.4. The Hall–Kier alpha value is -5.17. The van der Waals surface area contributed by atoms with Gasteiger partial charge in [-0.2, -0.15) is 4.57 Å². The second-order valence-corrected chi connectivity index (χ2v) is 13.8. The number of nitrogen functional groups attached to an aromatic ring is 1. The van der Waals surface area contributed by atoms with E-state index in [2.05, 4.69) is 15.5 Å². The van der Waals surface area contributed by atoms with Crippen LogP contribution in [0.4, 0.5) is 5.13 Å². The fraction of sp³-hybridized carbons (Fsp3) is 0.167. The quantitative estimate of drug-likeness (QED) is 0.0428. The first-order chi connectivity index (χ1) is 23.4. The molecule has 0 aliphatic carbocycles. The van der Waals surface area contributed by atoms with Crippen molar-refractivity contribution < 1.29 is 49.0 Å². The molecule has 49 heavy (non-hydrogen) atoms. The van der Waals surface area contributed by atoms with Crippen LogP contribution in [0.2, 0.25) is 5.02 Å². The summed E-state index contributed by atoms with van der Waals surface area (Å²) in [7, 11) is 0. The predicted molar refractivity (Wildman–Crippen MR) is 180 cm³/mol. The number of carboxylic acid groups (broad SMARTS) is 2. The molecule has 3 aromatic heterocycles. The van der Waals surface area contributed by atoms with E-state index >= 15 is 0 Å². The van der Waals surface area contributed by atoms with Crippen LogP contribution in [0.5, 0.6) is 11.5 Å². The van der Waals surface area contributed by atoms with Gasteiger partial charge in [0.2, 0.25) is 0 Å². The fourth-order valence-corrected chi connectivity index (χ4v) is 8.43. The lowest BCUT2D eigenvalue weighted by molar-refractivity contribution is -0.658. The molecule has 19 heteroatoms. The highest BCUT2D eigenvalue weighted by Crippen LogP contribution is 2.45. The first kappa shape index (κ1) is 33.7. The highest BCUT2D eigenvalue weighted by atomic mass is 35.5. The predicted octanol–water partition coefficient (Wildman–Crippen LogP) is 2.62. The van der Waals surface area contributed by atoms with Crippen LogP contribution < -0.4 is 15.6 Å². The Morgan fingerprint density at radius 3 is 2.73 bits per heavy atom. The second-order valence-electron chi connectivity index (χ2n) is 10.5. The summed E-state index contributed by atoms with van der Waals surface area (Å²) in [4.78, 5) is 62.5. The lowest BCUT2D eigenvalue weighted by Gasteiger charge is -2.49. The number of nitrogens with one attached hydrogen (secondary N) is 1. The van der Waals surface area contributed by atoms with E-state index in [0.29, 0.717) is 18.3 Å². The number of thioether (sulfide) groups is 1. The number of amides is 2. The third-order valence-electron chi connectivity index (χ3n) is 7.61. The standard InChI is InChI=1S/C30H23ClN6O9S3/c31-20-16(5-6-17(38)23(20)40)30(28(44)45,18-13-49-29(32)34-18)46-33-11-19(39)35-21-24(41)37-22(27(42)43)15(12-48-26(21)37)4-2-9-36-8-1-3-14-7-10-47-25(14)36/h1-8,10-11,13,21,26H,9,12H2,(H6-,32,33,34,35,38,39,40,42,43,44,45)/p+1/b4-2+/t21-,26+,30?/m0/s1. The van der Waals surface area contributed by atoms with E-state index in [9.17, 15) is 39.6 Å². The molecule has 2 aliphatic heterocycles. The molecule has 6 rings (SSSR count). The number of carbonyl (C=O) groups excluding carboxylic acids is 2. The number of hydrogen-bond donors (Lipinski definition) is 6. The zero-order chi connectivity index (χ0) is 35.0. The van der Waals surface area contributed by atoms with Gasteiger partial charge in [-0.3, -0.25) is 14.5 Å². The van der Waals surface area contributed by atoms with E-state index in [-0.39, 0.29) is 27.8 Å². The number of thiophene rings is 1. The van der Waals surface area contributed by atoms with Crippen molar-refractivity contribution in [2.75, 3.05) is 11.5 Å². The highest BCUT2D eigenvalue weighted by Gasteiger charge is 2.54. The monoisotopic (exact) mass is 743 g/mol. The van der Waals surface area contributed by atoms with E-state index in [0.717, 1.165) is 38.6 Å². The van der Waals surface area contributed by atoms with Gasteiger partial charge in [0.05, 0.1) is 10.4 Å². The molecule has 1 unspecified atom stereocenters. The van der Waals surface area contributed by atoms with Crippen molar-refractivity contribution in [2.45, 2.75) is 23.6 Å². The van der Waals surface area contributed by atoms with Gasteiger partial charge in [0, 0.05) is 22.8 Å². The molecule has 0 bridgehead atoms. The number of fused-ring (bicyclic) bond motifs is 2. The number of pyridine rings is 1. The zero-order valence-electron chi connectivity index (χ0n) is 24.7. The molecule has 15 nitrogen and oxygen atoms in total. The van der Waals surface area contributed by atoms with Crippen molar-refractivity contribution in [3.05, 3.63) is 87.0 Å². The van der Waals surface area contributed by atoms with Crippen molar-refractivity contribution in [1.29, 1.82) is 0 Å². The van der Waals surface area contributed by atoms with Crippen molar-refractivity contribution >= 4 is 91.4 Å². The smallest absolute Gasteiger partial charge is 0.362 e. The van der Waals surface area contributed by atoms with E-state index in [1.807, 2.05) is 40.4 Å². The summed E-state index contributed by atoms with van der Waals surface area (Å²) in [6, 6.07) is 6.87. The molecule has 0 saturated carbocycles. The Balaban J connectivity index is 1.17. The molecule has 5 heterocycles. The van der Waals surface area contributed by atoms with Crippen LogP contribution in [0.15, 0.2) is 75.9 Å². The molecule has 7 N–H and O–H groups in total. The zero-order valence-corrected chi connectivity index (χ0v) is 27.9. The number of aromatic nitrogens is 2. The third kappa shape index (κ3) is 6.03. The number of halogens is 1. The van der Waals surface area contributed by atoms with E-state index < -0.39 is 57.3 Å². The summed E-state index contributed by atoms with van der Waals surface area (Å²) in [6.07, 6.45) is 6.01. The summed E-state index contributed by atoms with van der Waals surface area (Å²) in [5.74, 6) is -5.83. The van der Waals surface area contributed by atoms with Crippen molar-refractivity contribution in [3.8, 4) is 11.5 Å². The van der Waals surface area contributed by atoms with Crippen LogP contribution in [-0.4, -0.2) is 77.4 Å². The first-order valence-electron chi connectivity index (χ1n) is 14.0. The minimum Gasteiger partial charge on any atom is -0.504 e. The van der Waals surface area contributed by atoms with Crippen LogP contribution in [0.1, 0.15) is 11.3 Å². The number of nitrogens with zero attached hydrogens (tertiary/aromatic N) is 4. The van der Waals surface area contributed by atoms with Gasteiger partial charge >= 0.3 is 17.5 Å². The van der Waals surface area contributed by atoms with Crippen LogP contribution in [0.3, 0.4) is 0 Å². The number of rotatable bonds is 11. The van der Waals surface area contributed by atoms with Crippen LogP contribution in [0.25, 0.3) is 10.2 Å². The molecule has 1 saturated heterocycles. The number of aliphatic carboxylic acids is 2. The van der Waals surface area contributed by atoms with Gasteiger partial charge in [-0.05, 0) is 41.3 Å². The van der Waals surface area contributed by atoms with Crippen molar-refractivity contribution in [3.63, 3.8) is 0 Å². The molecule has 1 aromatic carbocycles. The van der Waals surface area contributed by atoms with Gasteiger partial charge in [-0.1, -0.05) is 34.2 Å². The summed E-state index contributed by atoms with van der Waals surface area (Å²) < 4.78 is 2.03. The maximum atomic E-state index is 13.1. The Bertz CT molecular complexity index is 2110. The van der Waals surface area contributed by atoms with Gasteiger partial charge in [0.1, 0.15) is 29.0 Å². The fourth-order valence-electron chi connectivity index (χ4n) is 5.33. The number of thiazole rings is 1. The van der Waals surface area contributed by atoms with Gasteiger partial charge in [-0.25, -0.2) is 14.6 Å². The molecule has 1 fully saturated rings. The van der Waals surface area contributed by atoms with Crippen LogP contribution in [0, 0.1) is 0 Å². The molecule has 0 spiro atoms. The maximum absolute atomic E-state index is 13.1. The molecule has 2 amide bonds. The number of anilines is 1. The number of allylic oxidation sites excluding steroid dienone is 2. The molecule has 3 atom stereocenters. The van der Waals surface area contributed by atoms with Gasteiger partial charge in [-0.15, -0.1) is 23.1 Å². The molecule has 0 radical (unpaired) electrons. The lowest BCUT2D eigenvalue weighted by atomic mass is 9.90. The first-order valence-corrected chi connectivity index (χ1v) is 17.2. The Labute approximate surface area is 293 Å². The number of phenols is 2. The number of β-lactam (4-membered cyclic amide) rings is 1. The lowest BCUT2D eigenvalue weighted by Crippen LogP contribution is -2.70. The minimum atomic E-state index is -2.63. The number of nitrogens with two attached hydrogens (primary N) is 1. The largest absolute Gasteiger partial charge is 0.504 e. The molecular formula is C30H24ClN6O9S3+. The topological polar surface area (TPSA) is 229 Å². The SMILES string of the molecule is Nc1nc(C(O/N=C\C(=O)N[C@H]2C(=O)N3C(C(=O)O)=C(/C=C/C[n+]4cccc5ccsc54)CS[C@H]23)(C(=O)O)c2ccc(O)c(O)c2Cl)cs1. The molecule has 4 aromatic rings. The summed E-state index contributed by atoms with van der Waals surface area (Å²) in [5.41, 5.74) is 2.66. The Morgan fingerprint density at radius 1 is 1.22 bits per heavy atom. The van der Waals surface area contributed by atoms with Crippen LogP contribution >= 0.6 is 46.0 Å². The number of hydrogen-bond acceptors (Lipinski definition) is 13. The average Bonchev–Trinajstić information content (AvgIpc) is 3.74. The van der Waals surface area contributed by atoms with Crippen molar-refractivity contribution in [1.82, 2.24) is 15.2 Å². The number of phenolic OH excluding ortho intramolecular Hbond substituents is 2. The summed E-state index contributed by atoms with van der Waals surface area (Å²) in [5, 5.41) is 49.3. The molecular weight excluding hydrogens is 720 g/mol.